The number of ether oxygens (including phenoxy) is 1. The van der Waals surface area contributed by atoms with Crippen LogP contribution in [0, 0.1) is 5.92 Å². The highest BCUT2D eigenvalue weighted by Gasteiger charge is 2.29. The summed E-state index contributed by atoms with van der Waals surface area (Å²) in [7, 11) is 0. The number of aromatic nitrogens is 2. The summed E-state index contributed by atoms with van der Waals surface area (Å²) in [6, 6.07) is 12.8. The van der Waals surface area contributed by atoms with Crippen molar-refractivity contribution in [3.05, 3.63) is 93.6 Å². The van der Waals surface area contributed by atoms with Gasteiger partial charge in [0.2, 0.25) is 11.8 Å². The summed E-state index contributed by atoms with van der Waals surface area (Å²) in [4.78, 5) is 75.7. The van der Waals surface area contributed by atoms with Gasteiger partial charge in [-0.15, -0.1) is 11.3 Å². The molecule has 4 N–H and O–H groups in total. The molecule has 2 aliphatic heterocycles. The van der Waals surface area contributed by atoms with Crippen LogP contribution in [0.5, 0.6) is 5.75 Å². The van der Waals surface area contributed by atoms with Crippen molar-refractivity contribution < 1.29 is 33.1 Å². The third-order valence-electron chi connectivity index (χ3n) is 7.79. The molecule has 15 heteroatoms. The van der Waals surface area contributed by atoms with Crippen LogP contribution in [0.1, 0.15) is 73.7 Å². The number of hydrogen-bond donors (Lipinski definition) is 4. The number of thiazole rings is 1. The topological polar surface area (TPSA) is 185 Å². The van der Waals surface area contributed by atoms with E-state index in [0.29, 0.717) is 22.9 Å². The number of anilines is 1. The standard InChI is InChI=1S/C33H33N7O7S/c1-18(2)28-32-38-24(17-48-32)30(44)36-22(12-19-6-4-3-5-7-19)31-37-23(15-47-31)29(43)34-10-11-40(14-26(41)39-28)33(45)20-8-9-21-25(13-20)46-16-27(42)35-21/h3-9,13,15,17-18,22,28H,10-12,14,16H2,1-2H3,(H,34,43)(H,35,42)(H,36,44)(H,39,41)/t22-,28-/m0/s1. The van der Waals surface area contributed by atoms with Crippen molar-refractivity contribution in [3.8, 4) is 5.75 Å². The number of nitrogens with one attached hydrogen (secondary N) is 4. The number of benzene rings is 2. The Hall–Kier alpha value is -5.57. The SMILES string of the molecule is CC(C)[C@@H]1NC(=O)CN(C(=O)c2ccc3c(c2)OCC(=O)N3)CCNC(=O)c2coc(n2)[C@H](Cc2ccccc2)NC(=O)c2csc1n2. The fraction of sp³-hybridized carbons (Fsp3) is 0.303. The van der Waals surface area contributed by atoms with Gasteiger partial charge in [-0.2, -0.15) is 0 Å². The van der Waals surface area contributed by atoms with Gasteiger partial charge < -0.3 is 35.3 Å². The molecule has 4 aromatic rings. The molecule has 6 rings (SSSR count). The number of nitrogens with zero attached hydrogens (tertiary/aromatic N) is 3. The van der Waals surface area contributed by atoms with Gasteiger partial charge in [-0.05, 0) is 29.7 Å². The van der Waals surface area contributed by atoms with Gasteiger partial charge in [0, 0.05) is 30.5 Å². The predicted molar refractivity (Wildman–Crippen MR) is 173 cm³/mol. The van der Waals surface area contributed by atoms with Gasteiger partial charge in [-0.25, -0.2) is 9.97 Å². The first-order valence-corrected chi connectivity index (χ1v) is 16.2. The quantitative estimate of drug-likeness (QED) is 0.253. The van der Waals surface area contributed by atoms with E-state index in [-0.39, 0.29) is 60.9 Å². The van der Waals surface area contributed by atoms with Crippen molar-refractivity contribution in [2.24, 2.45) is 5.92 Å². The zero-order chi connectivity index (χ0) is 33.8. The molecule has 2 aliphatic rings. The van der Waals surface area contributed by atoms with Gasteiger partial charge in [0.15, 0.2) is 12.3 Å². The second-order valence-electron chi connectivity index (χ2n) is 11.7. The van der Waals surface area contributed by atoms with Crippen LogP contribution >= 0.6 is 11.3 Å². The number of carbonyl (C=O) groups is 5. The molecule has 0 fully saturated rings. The van der Waals surface area contributed by atoms with Crippen LogP contribution in [0.3, 0.4) is 0 Å². The van der Waals surface area contributed by atoms with Gasteiger partial charge in [0.25, 0.3) is 23.6 Å². The predicted octanol–water partition coefficient (Wildman–Crippen LogP) is 2.87. The number of carbonyl (C=O) groups excluding carboxylic acids is 5. The molecule has 0 aliphatic carbocycles. The van der Waals surface area contributed by atoms with Crippen LogP contribution in [-0.2, 0) is 16.0 Å². The fourth-order valence-corrected chi connectivity index (χ4v) is 6.33. The molecular weight excluding hydrogens is 638 g/mol. The summed E-state index contributed by atoms with van der Waals surface area (Å²) in [6.07, 6.45) is 1.55. The molecule has 4 bridgehead atoms. The average molecular weight is 672 g/mol. The summed E-state index contributed by atoms with van der Waals surface area (Å²) >= 11 is 1.24. The van der Waals surface area contributed by atoms with Crippen LogP contribution in [0.25, 0.3) is 0 Å². The molecule has 2 aromatic heterocycles. The smallest absolute Gasteiger partial charge is 0.273 e. The van der Waals surface area contributed by atoms with E-state index in [1.54, 1.807) is 11.4 Å². The van der Waals surface area contributed by atoms with E-state index in [1.165, 1.54) is 34.6 Å². The molecule has 0 saturated carbocycles. The molecule has 48 heavy (non-hydrogen) atoms. The van der Waals surface area contributed by atoms with Gasteiger partial charge in [0.1, 0.15) is 28.8 Å². The maximum absolute atomic E-state index is 13.7. The Kier molecular flexibility index (Phi) is 9.48. The second kappa shape index (κ2) is 14.0. The Morgan fingerprint density at radius 3 is 2.60 bits per heavy atom. The van der Waals surface area contributed by atoms with Crippen LogP contribution in [-0.4, -0.2) is 70.6 Å². The number of rotatable bonds is 4. The lowest BCUT2D eigenvalue weighted by molar-refractivity contribution is -0.123. The third kappa shape index (κ3) is 7.36. The molecular formula is C33H33N7O7S. The largest absolute Gasteiger partial charge is 0.482 e. The van der Waals surface area contributed by atoms with Crippen molar-refractivity contribution in [2.75, 3.05) is 31.6 Å². The zero-order valence-electron chi connectivity index (χ0n) is 26.1. The van der Waals surface area contributed by atoms with E-state index in [2.05, 4.69) is 31.2 Å². The lowest BCUT2D eigenvalue weighted by Gasteiger charge is -2.26. The summed E-state index contributed by atoms with van der Waals surface area (Å²) in [5.41, 5.74) is 1.71. The van der Waals surface area contributed by atoms with Crippen LogP contribution in [0.15, 0.2) is 64.6 Å². The van der Waals surface area contributed by atoms with E-state index >= 15 is 0 Å². The van der Waals surface area contributed by atoms with Gasteiger partial charge >= 0.3 is 0 Å². The molecule has 5 amide bonds. The molecule has 2 aromatic carbocycles. The van der Waals surface area contributed by atoms with E-state index < -0.39 is 35.7 Å². The van der Waals surface area contributed by atoms with Gasteiger partial charge in [-0.1, -0.05) is 44.2 Å². The summed E-state index contributed by atoms with van der Waals surface area (Å²) in [6.45, 7) is 3.29. The highest BCUT2D eigenvalue weighted by Crippen LogP contribution is 2.30. The second-order valence-corrected chi connectivity index (χ2v) is 12.6. The molecule has 14 nitrogen and oxygen atoms in total. The van der Waals surface area contributed by atoms with Crippen molar-refractivity contribution in [1.29, 1.82) is 0 Å². The Balaban J connectivity index is 1.30. The highest BCUT2D eigenvalue weighted by molar-refractivity contribution is 7.09. The zero-order valence-corrected chi connectivity index (χ0v) is 27.0. The first kappa shape index (κ1) is 32.4. The minimum atomic E-state index is -0.715. The van der Waals surface area contributed by atoms with Crippen LogP contribution in [0.2, 0.25) is 0 Å². The van der Waals surface area contributed by atoms with Crippen molar-refractivity contribution in [2.45, 2.75) is 32.4 Å². The molecule has 0 unspecified atom stereocenters. The van der Waals surface area contributed by atoms with E-state index in [4.69, 9.17) is 9.15 Å². The first-order chi connectivity index (χ1) is 23.1. The number of hydrogen-bond acceptors (Lipinski definition) is 10. The Labute approximate surface area is 279 Å². The number of amides is 5. The summed E-state index contributed by atoms with van der Waals surface area (Å²) < 4.78 is 11.2. The van der Waals surface area contributed by atoms with Crippen molar-refractivity contribution in [1.82, 2.24) is 30.8 Å². The molecule has 248 valence electrons. The van der Waals surface area contributed by atoms with E-state index in [1.807, 2.05) is 44.2 Å². The molecule has 4 heterocycles. The maximum Gasteiger partial charge on any atom is 0.273 e. The minimum Gasteiger partial charge on any atom is -0.482 e. The highest BCUT2D eigenvalue weighted by atomic mass is 32.1. The molecule has 0 radical (unpaired) electrons. The van der Waals surface area contributed by atoms with Crippen molar-refractivity contribution >= 4 is 46.6 Å². The van der Waals surface area contributed by atoms with E-state index in [0.717, 1.165) is 5.56 Å². The maximum atomic E-state index is 13.7. The number of oxazole rings is 1. The normalized spacial score (nSPS) is 18.8. The van der Waals surface area contributed by atoms with E-state index in [9.17, 15) is 24.0 Å². The number of fused-ring (bicyclic) bond motifs is 5. The van der Waals surface area contributed by atoms with Crippen LogP contribution < -0.4 is 26.0 Å². The molecule has 0 spiro atoms. The Bertz CT molecular complexity index is 1860. The van der Waals surface area contributed by atoms with Crippen molar-refractivity contribution in [3.63, 3.8) is 0 Å². The first-order valence-electron chi connectivity index (χ1n) is 15.3. The molecule has 2 atom stereocenters. The van der Waals surface area contributed by atoms with Gasteiger partial charge in [0.05, 0.1) is 18.3 Å². The van der Waals surface area contributed by atoms with Crippen LogP contribution in [0.4, 0.5) is 5.69 Å². The fourth-order valence-electron chi connectivity index (χ4n) is 5.31. The molecule has 0 saturated heterocycles. The van der Waals surface area contributed by atoms with Gasteiger partial charge in [-0.3, -0.25) is 24.0 Å². The summed E-state index contributed by atoms with van der Waals surface area (Å²) in [5, 5.41) is 13.5. The average Bonchev–Trinajstić information content (AvgIpc) is 3.77. The lowest BCUT2D eigenvalue weighted by Crippen LogP contribution is -2.45. The minimum absolute atomic E-state index is 0.00876. The monoisotopic (exact) mass is 671 g/mol. The lowest BCUT2D eigenvalue weighted by atomic mass is 10.0. The Morgan fingerprint density at radius 2 is 1.81 bits per heavy atom. The summed E-state index contributed by atoms with van der Waals surface area (Å²) in [5.74, 6) is -1.91. The Morgan fingerprint density at radius 1 is 1.00 bits per heavy atom. The third-order valence-corrected chi connectivity index (χ3v) is 8.72.